The van der Waals surface area contributed by atoms with Crippen LogP contribution in [0.25, 0.3) is 0 Å². The van der Waals surface area contributed by atoms with Crippen molar-refractivity contribution < 1.29 is 14.3 Å². The highest BCUT2D eigenvalue weighted by atomic mass is 32.1. The highest BCUT2D eigenvalue weighted by Crippen LogP contribution is 2.35. The molecule has 2 N–H and O–H groups in total. The third-order valence-electron chi connectivity index (χ3n) is 4.40. The normalized spacial score (nSPS) is 12.8. The molecule has 2 aromatic rings. The SMILES string of the molecule is COc1ccc(OC)c(CCC(=O)Nc2sc3c(c2C#N)CCNC3)c1. The second kappa shape index (κ2) is 8.21. The maximum Gasteiger partial charge on any atom is 0.225 e. The number of nitrogens with one attached hydrogen (secondary N) is 2. The Morgan fingerprint density at radius 3 is 2.96 bits per heavy atom. The predicted molar refractivity (Wildman–Crippen MR) is 101 cm³/mol. The van der Waals surface area contributed by atoms with Gasteiger partial charge in [-0.3, -0.25) is 4.79 Å². The predicted octanol–water partition coefficient (Wildman–Crippen LogP) is 2.85. The van der Waals surface area contributed by atoms with Gasteiger partial charge in [0.2, 0.25) is 5.91 Å². The molecular weight excluding hydrogens is 350 g/mol. The van der Waals surface area contributed by atoms with Gasteiger partial charge in [-0.15, -0.1) is 11.3 Å². The zero-order valence-electron chi connectivity index (χ0n) is 14.8. The smallest absolute Gasteiger partial charge is 0.225 e. The number of amides is 1. The summed E-state index contributed by atoms with van der Waals surface area (Å²) in [5, 5.41) is 16.3. The fourth-order valence-corrected chi connectivity index (χ4v) is 4.24. The van der Waals surface area contributed by atoms with E-state index >= 15 is 0 Å². The molecule has 2 heterocycles. The number of methoxy groups -OCH3 is 2. The van der Waals surface area contributed by atoms with Crippen LogP contribution >= 0.6 is 11.3 Å². The van der Waals surface area contributed by atoms with E-state index in [1.165, 1.54) is 11.3 Å². The van der Waals surface area contributed by atoms with Crippen molar-refractivity contribution in [1.29, 1.82) is 5.26 Å². The van der Waals surface area contributed by atoms with Gasteiger partial charge in [-0.2, -0.15) is 5.26 Å². The van der Waals surface area contributed by atoms with Crippen LogP contribution in [0, 0.1) is 11.3 Å². The lowest BCUT2D eigenvalue weighted by Crippen LogP contribution is -2.22. The van der Waals surface area contributed by atoms with E-state index in [0.717, 1.165) is 47.0 Å². The summed E-state index contributed by atoms with van der Waals surface area (Å²) in [5.74, 6) is 1.35. The Bertz CT molecular complexity index is 854. The van der Waals surface area contributed by atoms with Gasteiger partial charge >= 0.3 is 0 Å². The molecule has 1 amide bonds. The second-order valence-electron chi connectivity index (χ2n) is 5.97. The molecule has 1 aromatic carbocycles. The molecule has 0 radical (unpaired) electrons. The Morgan fingerprint density at radius 2 is 2.23 bits per heavy atom. The highest BCUT2D eigenvalue weighted by molar-refractivity contribution is 7.16. The molecule has 0 spiro atoms. The summed E-state index contributed by atoms with van der Waals surface area (Å²) in [6.07, 6.45) is 1.65. The molecule has 6 nitrogen and oxygen atoms in total. The van der Waals surface area contributed by atoms with E-state index in [9.17, 15) is 10.1 Å². The summed E-state index contributed by atoms with van der Waals surface area (Å²) < 4.78 is 10.6. The molecule has 0 atom stereocenters. The zero-order chi connectivity index (χ0) is 18.5. The van der Waals surface area contributed by atoms with E-state index in [1.807, 2.05) is 18.2 Å². The molecule has 1 aromatic heterocycles. The lowest BCUT2D eigenvalue weighted by molar-refractivity contribution is -0.116. The van der Waals surface area contributed by atoms with Crippen LogP contribution in [0.5, 0.6) is 11.5 Å². The molecule has 1 aliphatic heterocycles. The lowest BCUT2D eigenvalue weighted by atomic mass is 10.0. The van der Waals surface area contributed by atoms with Gasteiger partial charge in [-0.05, 0) is 48.7 Å². The van der Waals surface area contributed by atoms with Crippen LogP contribution < -0.4 is 20.1 Å². The molecule has 0 saturated heterocycles. The number of carbonyl (C=O) groups excluding carboxylic acids is 1. The fraction of sp³-hybridized carbons (Fsp3) is 0.368. The average Bonchev–Trinajstić information content (AvgIpc) is 3.02. The van der Waals surface area contributed by atoms with Crippen LogP contribution in [0.15, 0.2) is 18.2 Å². The summed E-state index contributed by atoms with van der Waals surface area (Å²) in [6.45, 7) is 1.62. The van der Waals surface area contributed by atoms with Crippen LogP contribution in [0.4, 0.5) is 5.00 Å². The van der Waals surface area contributed by atoms with Gasteiger partial charge in [0.05, 0.1) is 19.8 Å². The number of nitrogens with zero attached hydrogens (tertiary/aromatic N) is 1. The molecular formula is C19H21N3O3S. The lowest BCUT2D eigenvalue weighted by Gasteiger charge is -2.11. The number of hydrogen-bond donors (Lipinski definition) is 2. The monoisotopic (exact) mass is 371 g/mol. The first-order chi connectivity index (χ1) is 12.7. The molecule has 0 unspecified atom stereocenters. The molecule has 136 valence electrons. The summed E-state index contributed by atoms with van der Waals surface area (Å²) in [7, 11) is 3.21. The van der Waals surface area contributed by atoms with E-state index in [1.54, 1.807) is 14.2 Å². The van der Waals surface area contributed by atoms with Gasteiger partial charge < -0.3 is 20.1 Å². The largest absolute Gasteiger partial charge is 0.497 e. The van der Waals surface area contributed by atoms with Crippen molar-refractivity contribution in [3.63, 3.8) is 0 Å². The summed E-state index contributed by atoms with van der Waals surface area (Å²) in [5.41, 5.74) is 2.59. The van der Waals surface area contributed by atoms with Crippen LogP contribution in [0.1, 0.15) is 28.0 Å². The molecule has 0 fully saturated rings. The summed E-state index contributed by atoms with van der Waals surface area (Å²) in [6, 6.07) is 7.78. The van der Waals surface area contributed by atoms with Crippen molar-refractivity contribution in [2.45, 2.75) is 25.8 Å². The van der Waals surface area contributed by atoms with Crippen LogP contribution in [0.2, 0.25) is 0 Å². The van der Waals surface area contributed by atoms with Crippen LogP contribution in [0.3, 0.4) is 0 Å². The van der Waals surface area contributed by atoms with Crippen LogP contribution in [-0.2, 0) is 24.2 Å². The molecule has 7 heteroatoms. The Labute approximate surface area is 156 Å². The molecule has 0 aliphatic carbocycles. The topological polar surface area (TPSA) is 83.4 Å². The number of benzene rings is 1. The van der Waals surface area contributed by atoms with E-state index in [-0.39, 0.29) is 5.91 Å². The van der Waals surface area contributed by atoms with E-state index in [0.29, 0.717) is 23.4 Å². The molecule has 1 aliphatic rings. The number of ether oxygens (including phenoxy) is 2. The number of fused-ring (bicyclic) bond motifs is 1. The Kier molecular flexibility index (Phi) is 5.76. The number of hydrogen-bond acceptors (Lipinski definition) is 6. The number of nitriles is 1. The van der Waals surface area contributed by atoms with Gasteiger partial charge in [0.15, 0.2) is 0 Å². The maximum atomic E-state index is 12.4. The van der Waals surface area contributed by atoms with Gasteiger partial charge in [0.1, 0.15) is 22.6 Å². The first kappa shape index (κ1) is 18.2. The van der Waals surface area contributed by atoms with E-state index in [4.69, 9.17) is 9.47 Å². The third-order valence-corrected chi connectivity index (χ3v) is 5.55. The minimum atomic E-state index is -0.113. The van der Waals surface area contributed by atoms with Gasteiger partial charge in [0, 0.05) is 17.8 Å². The minimum Gasteiger partial charge on any atom is -0.497 e. The Hall–Kier alpha value is -2.56. The molecule has 0 saturated carbocycles. The van der Waals surface area contributed by atoms with E-state index < -0.39 is 0 Å². The summed E-state index contributed by atoms with van der Waals surface area (Å²) in [4.78, 5) is 13.6. The minimum absolute atomic E-state index is 0.113. The standard InChI is InChI=1S/C19H21N3O3S/c1-24-13-4-5-16(25-2)12(9-13)3-6-18(23)22-19-15(10-20)14-7-8-21-11-17(14)26-19/h4-5,9,21H,3,6-8,11H2,1-2H3,(H,22,23). The Balaban J connectivity index is 1.69. The number of rotatable bonds is 6. The molecule has 26 heavy (non-hydrogen) atoms. The fourth-order valence-electron chi connectivity index (χ4n) is 3.06. The molecule has 3 rings (SSSR count). The van der Waals surface area contributed by atoms with Crippen molar-refractivity contribution in [2.24, 2.45) is 0 Å². The average molecular weight is 371 g/mol. The first-order valence-electron chi connectivity index (χ1n) is 8.42. The Morgan fingerprint density at radius 1 is 1.38 bits per heavy atom. The highest BCUT2D eigenvalue weighted by Gasteiger charge is 2.21. The second-order valence-corrected chi connectivity index (χ2v) is 7.08. The van der Waals surface area contributed by atoms with E-state index in [2.05, 4.69) is 16.7 Å². The first-order valence-corrected chi connectivity index (χ1v) is 9.24. The number of aryl methyl sites for hydroxylation is 1. The summed E-state index contributed by atoms with van der Waals surface area (Å²) >= 11 is 1.49. The number of anilines is 1. The van der Waals surface area contributed by atoms with Gasteiger partial charge in [-0.25, -0.2) is 0 Å². The zero-order valence-corrected chi connectivity index (χ0v) is 15.7. The maximum absolute atomic E-state index is 12.4. The van der Waals surface area contributed by atoms with Crippen molar-refractivity contribution in [3.8, 4) is 17.6 Å². The van der Waals surface area contributed by atoms with Crippen molar-refractivity contribution in [3.05, 3.63) is 39.8 Å². The molecule has 0 bridgehead atoms. The van der Waals surface area contributed by atoms with Gasteiger partial charge in [-0.1, -0.05) is 0 Å². The third kappa shape index (κ3) is 3.82. The quantitative estimate of drug-likeness (QED) is 0.816. The van der Waals surface area contributed by atoms with Crippen molar-refractivity contribution in [1.82, 2.24) is 5.32 Å². The van der Waals surface area contributed by atoms with Crippen LogP contribution in [-0.4, -0.2) is 26.7 Å². The van der Waals surface area contributed by atoms with Crippen molar-refractivity contribution >= 4 is 22.2 Å². The number of carbonyl (C=O) groups is 1. The van der Waals surface area contributed by atoms with Crippen molar-refractivity contribution in [2.75, 3.05) is 26.1 Å². The van der Waals surface area contributed by atoms with Gasteiger partial charge in [0.25, 0.3) is 0 Å². The number of thiophene rings is 1.